The summed E-state index contributed by atoms with van der Waals surface area (Å²) in [6, 6.07) is 0. The number of nitrogens with one attached hydrogen (secondary N) is 1. The zero-order valence-corrected chi connectivity index (χ0v) is 11.3. The second kappa shape index (κ2) is 8.03. The molecule has 1 amide bonds. The van der Waals surface area contributed by atoms with E-state index in [4.69, 9.17) is 9.47 Å². The van der Waals surface area contributed by atoms with Gasteiger partial charge < -0.3 is 14.8 Å². The lowest BCUT2D eigenvalue weighted by molar-refractivity contribution is -0.126. The Morgan fingerprint density at radius 2 is 2.38 bits per heavy atom. The number of hydrogen-bond donors (Lipinski definition) is 1. The molecule has 1 fully saturated rings. The Morgan fingerprint density at radius 1 is 1.56 bits per heavy atom. The Balaban J connectivity index is 2.02. The largest absolute Gasteiger partial charge is 0.381 e. The summed E-state index contributed by atoms with van der Waals surface area (Å²) in [4.78, 5) is 11.7. The van der Waals surface area contributed by atoms with Gasteiger partial charge in [-0.05, 0) is 19.8 Å². The van der Waals surface area contributed by atoms with Crippen LogP contribution < -0.4 is 5.32 Å². The van der Waals surface area contributed by atoms with Crippen LogP contribution in [0, 0.1) is 5.92 Å². The quantitative estimate of drug-likeness (QED) is 0.569. The Morgan fingerprint density at radius 3 is 3.00 bits per heavy atom. The van der Waals surface area contributed by atoms with Gasteiger partial charge in [0.1, 0.15) is 0 Å². The summed E-state index contributed by atoms with van der Waals surface area (Å²) in [5.74, 6) is 0.147. The Bertz CT molecular complexity index is 213. The molecule has 1 heterocycles. The van der Waals surface area contributed by atoms with E-state index < -0.39 is 0 Å². The monoisotopic (exact) mass is 293 g/mol. The normalized spacial score (nSPS) is 24.6. The number of halogens is 1. The van der Waals surface area contributed by atoms with Crippen molar-refractivity contribution in [3.63, 3.8) is 0 Å². The van der Waals surface area contributed by atoms with Gasteiger partial charge in [0.2, 0.25) is 5.91 Å². The van der Waals surface area contributed by atoms with Crippen LogP contribution >= 0.6 is 15.9 Å². The topological polar surface area (TPSA) is 47.6 Å². The zero-order valence-electron chi connectivity index (χ0n) is 9.71. The van der Waals surface area contributed by atoms with Crippen molar-refractivity contribution in [3.8, 4) is 0 Å². The molecule has 0 saturated carbocycles. The first-order valence-electron chi connectivity index (χ1n) is 5.78. The lowest BCUT2D eigenvalue weighted by Crippen LogP contribution is -2.35. The number of amides is 1. The van der Waals surface area contributed by atoms with E-state index in [1.54, 1.807) is 0 Å². The van der Waals surface area contributed by atoms with Crippen LogP contribution in [0.2, 0.25) is 0 Å². The molecule has 0 aliphatic carbocycles. The first kappa shape index (κ1) is 13.9. The first-order valence-corrected chi connectivity index (χ1v) is 6.91. The fourth-order valence-corrected chi connectivity index (χ4v) is 1.98. The van der Waals surface area contributed by atoms with Crippen LogP contribution in [0.25, 0.3) is 0 Å². The minimum Gasteiger partial charge on any atom is -0.381 e. The molecule has 0 spiro atoms. The fourth-order valence-electron chi connectivity index (χ4n) is 1.75. The zero-order chi connectivity index (χ0) is 11.8. The Hall–Kier alpha value is -0.130. The van der Waals surface area contributed by atoms with Crippen LogP contribution in [0.15, 0.2) is 0 Å². The minimum absolute atomic E-state index is 0.0310. The summed E-state index contributed by atoms with van der Waals surface area (Å²) in [6.07, 6.45) is 1.76. The van der Waals surface area contributed by atoms with Crippen LogP contribution in [-0.4, -0.2) is 43.7 Å². The van der Waals surface area contributed by atoms with Gasteiger partial charge in [-0.2, -0.15) is 0 Å². The van der Waals surface area contributed by atoms with Crippen molar-refractivity contribution in [1.82, 2.24) is 5.32 Å². The summed E-state index contributed by atoms with van der Waals surface area (Å²) in [7, 11) is 0. The third-order valence-electron chi connectivity index (χ3n) is 2.70. The van der Waals surface area contributed by atoms with Crippen molar-refractivity contribution in [2.45, 2.75) is 25.9 Å². The van der Waals surface area contributed by atoms with Crippen molar-refractivity contribution in [2.24, 2.45) is 5.92 Å². The first-order chi connectivity index (χ1) is 7.75. The van der Waals surface area contributed by atoms with Crippen molar-refractivity contribution in [3.05, 3.63) is 0 Å². The third-order valence-corrected chi connectivity index (χ3v) is 3.02. The maximum Gasteiger partial charge on any atom is 0.225 e. The van der Waals surface area contributed by atoms with Gasteiger partial charge in [-0.15, -0.1) is 0 Å². The molecule has 1 aliphatic heterocycles. The van der Waals surface area contributed by atoms with E-state index in [1.807, 2.05) is 6.92 Å². The molecular weight excluding hydrogens is 274 g/mol. The molecule has 1 aliphatic rings. The predicted octanol–water partition coefficient (Wildman–Crippen LogP) is 1.33. The number of carbonyl (C=O) groups is 1. The van der Waals surface area contributed by atoms with Crippen molar-refractivity contribution >= 4 is 21.8 Å². The van der Waals surface area contributed by atoms with E-state index in [0.717, 1.165) is 24.8 Å². The molecule has 1 rings (SSSR count). The van der Waals surface area contributed by atoms with Gasteiger partial charge in [0.15, 0.2) is 0 Å². The van der Waals surface area contributed by atoms with Crippen LogP contribution in [0.1, 0.15) is 19.8 Å². The standard InChI is InChI=1S/C11H20BrNO3/c1-9-10(3-7-16-9)11(14)13-5-2-6-15-8-4-12/h9-10H,2-8H2,1H3,(H,13,14). The lowest BCUT2D eigenvalue weighted by Gasteiger charge is -2.13. The molecule has 4 nitrogen and oxygen atoms in total. The van der Waals surface area contributed by atoms with Gasteiger partial charge in [-0.1, -0.05) is 15.9 Å². The molecule has 94 valence electrons. The highest BCUT2D eigenvalue weighted by Crippen LogP contribution is 2.20. The van der Waals surface area contributed by atoms with Crippen LogP contribution in [-0.2, 0) is 14.3 Å². The van der Waals surface area contributed by atoms with E-state index in [0.29, 0.717) is 19.8 Å². The number of hydrogen-bond acceptors (Lipinski definition) is 3. The molecule has 5 heteroatoms. The highest BCUT2D eigenvalue weighted by atomic mass is 79.9. The van der Waals surface area contributed by atoms with Crippen molar-refractivity contribution in [1.29, 1.82) is 0 Å². The van der Waals surface area contributed by atoms with E-state index in [2.05, 4.69) is 21.2 Å². The summed E-state index contributed by atoms with van der Waals surface area (Å²) in [6.45, 7) is 4.76. The lowest BCUT2D eigenvalue weighted by atomic mass is 10.0. The van der Waals surface area contributed by atoms with Gasteiger partial charge in [0.25, 0.3) is 0 Å². The van der Waals surface area contributed by atoms with Gasteiger partial charge >= 0.3 is 0 Å². The van der Waals surface area contributed by atoms with Crippen molar-refractivity contribution in [2.75, 3.05) is 31.7 Å². The summed E-state index contributed by atoms with van der Waals surface area (Å²) in [5, 5.41) is 3.78. The van der Waals surface area contributed by atoms with Gasteiger partial charge in [0.05, 0.1) is 18.6 Å². The van der Waals surface area contributed by atoms with Gasteiger partial charge in [0, 0.05) is 25.1 Å². The molecule has 2 unspecified atom stereocenters. The molecule has 0 aromatic heterocycles. The molecule has 1 N–H and O–H groups in total. The number of ether oxygens (including phenoxy) is 2. The molecule has 0 radical (unpaired) electrons. The number of alkyl halides is 1. The third kappa shape index (κ3) is 4.80. The highest BCUT2D eigenvalue weighted by molar-refractivity contribution is 9.09. The van der Waals surface area contributed by atoms with Crippen LogP contribution in [0.4, 0.5) is 0 Å². The summed E-state index contributed by atoms with van der Waals surface area (Å²) < 4.78 is 10.6. The predicted molar refractivity (Wildman–Crippen MR) is 65.8 cm³/mol. The van der Waals surface area contributed by atoms with E-state index in [-0.39, 0.29) is 17.9 Å². The second-order valence-corrected chi connectivity index (χ2v) is 4.71. The second-order valence-electron chi connectivity index (χ2n) is 3.92. The Kier molecular flexibility index (Phi) is 7.00. The maximum atomic E-state index is 11.7. The smallest absolute Gasteiger partial charge is 0.225 e. The van der Waals surface area contributed by atoms with Gasteiger partial charge in [-0.3, -0.25) is 4.79 Å². The number of carbonyl (C=O) groups excluding carboxylic acids is 1. The molecule has 0 aromatic rings. The van der Waals surface area contributed by atoms with Crippen LogP contribution in [0.3, 0.4) is 0 Å². The Labute approximate surface area is 105 Å². The molecular formula is C11H20BrNO3. The minimum atomic E-state index is 0.0310. The molecule has 0 bridgehead atoms. The number of rotatable bonds is 7. The highest BCUT2D eigenvalue weighted by Gasteiger charge is 2.30. The summed E-state index contributed by atoms with van der Waals surface area (Å²) >= 11 is 3.28. The van der Waals surface area contributed by atoms with E-state index in [9.17, 15) is 4.79 Å². The molecule has 2 atom stereocenters. The molecule has 0 aromatic carbocycles. The van der Waals surface area contributed by atoms with Gasteiger partial charge in [-0.25, -0.2) is 0 Å². The molecule has 1 saturated heterocycles. The van der Waals surface area contributed by atoms with Crippen molar-refractivity contribution < 1.29 is 14.3 Å². The van der Waals surface area contributed by atoms with E-state index >= 15 is 0 Å². The SMILES string of the molecule is CC1OCCC1C(=O)NCCCOCCBr. The molecule has 16 heavy (non-hydrogen) atoms. The van der Waals surface area contributed by atoms with E-state index in [1.165, 1.54) is 0 Å². The average molecular weight is 294 g/mol. The fraction of sp³-hybridized carbons (Fsp3) is 0.909. The average Bonchev–Trinajstić information content (AvgIpc) is 2.69. The maximum absolute atomic E-state index is 11.7. The van der Waals surface area contributed by atoms with Crippen LogP contribution in [0.5, 0.6) is 0 Å². The summed E-state index contributed by atoms with van der Waals surface area (Å²) in [5.41, 5.74) is 0.